The summed E-state index contributed by atoms with van der Waals surface area (Å²) in [7, 11) is 0. The minimum atomic E-state index is -0.450. The molecule has 0 radical (unpaired) electrons. The number of anilines is 2. The van der Waals surface area contributed by atoms with Gasteiger partial charge in [-0.25, -0.2) is 4.98 Å². The molecule has 0 aliphatic carbocycles. The number of halogens is 5. The Labute approximate surface area is 519 Å². The van der Waals surface area contributed by atoms with Crippen LogP contribution in [-0.4, -0.2) is 25.5 Å². The van der Waals surface area contributed by atoms with Gasteiger partial charge in [0, 0.05) is 74.5 Å². The van der Waals surface area contributed by atoms with Crippen molar-refractivity contribution in [3.05, 3.63) is 270 Å². The third kappa shape index (κ3) is 26.1. The van der Waals surface area contributed by atoms with Gasteiger partial charge in [-0.3, -0.25) is 14.4 Å². The average molecular weight is 1430 g/mol. The number of nitrogens with zero attached hydrogens (tertiary/aromatic N) is 2. The molecule has 4 N–H and O–H groups in total. The number of nitrogens with one attached hydrogen (secondary N) is 2. The van der Waals surface area contributed by atoms with Crippen LogP contribution in [0.5, 0.6) is 0 Å². The molecule has 1 amide bonds. The van der Waals surface area contributed by atoms with Crippen molar-refractivity contribution >= 4 is 136 Å². The number of aromatic nitrogens is 3. The van der Waals surface area contributed by atoms with Crippen molar-refractivity contribution in [3.8, 4) is 0 Å². The first kappa shape index (κ1) is 67.0. The molecule has 7 aromatic carbocycles. The van der Waals surface area contributed by atoms with Gasteiger partial charge in [0.25, 0.3) is 0 Å². The highest BCUT2D eigenvalue weighted by molar-refractivity contribution is 14.1. The molecule has 79 heavy (non-hydrogen) atoms. The van der Waals surface area contributed by atoms with Crippen LogP contribution in [0.1, 0.15) is 52.8 Å². The van der Waals surface area contributed by atoms with Crippen molar-refractivity contribution in [1.82, 2.24) is 9.97 Å². The van der Waals surface area contributed by atoms with E-state index in [0.717, 1.165) is 50.9 Å². The number of rotatable bonds is 6. The lowest BCUT2D eigenvalue weighted by Gasteiger charge is -2.02. The molecular weight excluding hydrogens is 1360 g/mol. The molecule has 0 unspecified atom stereocenters. The fourth-order valence-electron chi connectivity index (χ4n) is 7.08. The van der Waals surface area contributed by atoms with Crippen molar-refractivity contribution in [3.63, 3.8) is 0 Å². The van der Waals surface area contributed by atoms with Crippen molar-refractivity contribution in [2.45, 2.75) is 55.0 Å². The first-order valence-electron chi connectivity index (χ1n) is 25.1. The van der Waals surface area contributed by atoms with Gasteiger partial charge in [-0.2, -0.15) is 4.57 Å². The maximum absolute atomic E-state index is 11.7. The quantitative estimate of drug-likeness (QED) is 0.0291. The van der Waals surface area contributed by atoms with Gasteiger partial charge in [0.1, 0.15) is 11.7 Å². The predicted molar refractivity (Wildman–Crippen MR) is 350 cm³/mol. The smallest absolute Gasteiger partial charge is 0.248 e. The monoisotopic (exact) mass is 1430 g/mol. The second-order valence-corrected chi connectivity index (χ2v) is 20.9. The highest BCUT2D eigenvalue weighted by Crippen LogP contribution is 2.17. The Morgan fingerprint density at radius 2 is 1.09 bits per heavy atom. The van der Waals surface area contributed by atoms with E-state index in [2.05, 4.69) is 129 Å². The Bertz CT molecular complexity index is 3520. The van der Waals surface area contributed by atoms with Crippen LogP contribution in [0.3, 0.4) is 0 Å². The lowest BCUT2D eigenvalue weighted by Crippen LogP contribution is -3.00. The van der Waals surface area contributed by atoms with Crippen LogP contribution in [-0.2, 0) is 16.1 Å². The number of fused-ring (bicyclic) bond motifs is 3. The molecule has 0 saturated heterocycles. The number of carbonyl (C=O) groups is 2. The Morgan fingerprint density at radius 3 is 1.65 bits per heavy atom. The minimum absolute atomic E-state index is 0. The van der Waals surface area contributed by atoms with Gasteiger partial charge in [-0.1, -0.05) is 178 Å². The standard InChI is InChI=1S/C16H15NO.C12H13IN.C10H8ClN.C10H9NO.C9H7ClO.C7H9N.C2H5I.HI/c1-13-7-10-15(11-8-13)17-16(18)12-9-14-5-3-2-4-6-14;1-3-14-11-6-4-9(2)8-10(11)5-7-12(14)13;1-7-2-4-9-8(6-7)3-5-10(11)12-9;1-7-2-4-9-8(6-7)3-5-10(12)11-9;10-9(11)7-6-8-4-2-1-3-5-8;1-6-2-4-7(8)5-3-6;1-2-3;/h2-12H,1H3,(H,17,18);4-8H,3H2,1-2H3;2-6H,1H3;2-6H,1H3,(H,11,12);1-7H;2-5H,8H2,1H3;2H2,1H3;1H/q;+1;;;;;;/p-1/b12-9+;;;;7-6+;;;. The molecule has 10 aromatic rings. The SMILES string of the molecule is CCI.CC[n+]1c(I)ccc2cc(C)ccc21.Cc1ccc(N)cc1.Cc1ccc(NC(=O)/C=C/c2ccccc2)cc1.Cc1ccc2[nH]c(=O)ccc2c1.Cc1ccc2nc(Cl)ccc2c1.O=C(Cl)/C=C/c1ccccc1.[I-]. The summed E-state index contributed by atoms with van der Waals surface area (Å²) in [5.74, 6) is -0.122. The average Bonchev–Trinajstić information content (AvgIpc) is 3.46. The number of aryl methyl sites for hydroxylation is 6. The maximum atomic E-state index is 11.7. The van der Waals surface area contributed by atoms with E-state index in [-0.39, 0.29) is 35.4 Å². The molecule has 0 bridgehead atoms. The molecule has 0 aliphatic heterocycles. The Morgan fingerprint density at radius 1 is 0.608 bits per heavy atom. The van der Waals surface area contributed by atoms with Crippen LogP contribution in [0.25, 0.3) is 44.9 Å². The molecule has 0 spiro atoms. The van der Waals surface area contributed by atoms with Gasteiger partial charge in [0.2, 0.25) is 25.9 Å². The zero-order valence-electron chi connectivity index (χ0n) is 45.4. The molecule has 0 aliphatic rings. The summed E-state index contributed by atoms with van der Waals surface area (Å²) in [4.78, 5) is 39.8. The highest BCUT2D eigenvalue weighted by Gasteiger charge is 2.11. The number of allylic oxidation sites excluding steroid dienone is 1. The summed E-state index contributed by atoms with van der Waals surface area (Å²) in [5.41, 5.74) is 18.4. The molecule has 8 nitrogen and oxygen atoms in total. The zero-order chi connectivity index (χ0) is 56.8. The third-order valence-electron chi connectivity index (χ3n) is 11.0. The molecule has 408 valence electrons. The van der Waals surface area contributed by atoms with Crippen LogP contribution in [0.2, 0.25) is 5.15 Å². The molecule has 0 saturated carbocycles. The van der Waals surface area contributed by atoms with Crippen molar-refractivity contribution < 1.29 is 38.1 Å². The van der Waals surface area contributed by atoms with Crippen molar-refractivity contribution in [2.75, 3.05) is 15.5 Å². The maximum Gasteiger partial charge on any atom is 0.248 e. The number of H-pyrrole nitrogens is 1. The zero-order valence-corrected chi connectivity index (χ0v) is 53.3. The van der Waals surface area contributed by atoms with Crippen LogP contribution in [0.15, 0.2) is 217 Å². The van der Waals surface area contributed by atoms with Gasteiger partial charge < -0.3 is 40.0 Å². The first-order chi connectivity index (χ1) is 37.5. The summed E-state index contributed by atoms with van der Waals surface area (Å²) in [5, 5.41) is 6.45. The summed E-state index contributed by atoms with van der Waals surface area (Å²) < 4.78 is 4.84. The third-order valence-corrected chi connectivity index (χ3v) is 12.2. The van der Waals surface area contributed by atoms with E-state index in [0.29, 0.717) is 5.15 Å². The van der Waals surface area contributed by atoms with Crippen LogP contribution < -0.4 is 45.2 Å². The Balaban J connectivity index is 0.000000249. The number of alkyl halides is 1. The van der Waals surface area contributed by atoms with Gasteiger partial charge in [-0.05, 0) is 165 Å². The number of hydrogen-bond donors (Lipinski definition) is 3. The highest BCUT2D eigenvalue weighted by atomic mass is 127. The van der Waals surface area contributed by atoms with E-state index in [1.807, 2.05) is 178 Å². The second kappa shape index (κ2) is 36.8. The summed E-state index contributed by atoms with van der Waals surface area (Å²) >= 11 is 15.5. The van der Waals surface area contributed by atoms with Gasteiger partial charge >= 0.3 is 0 Å². The lowest BCUT2D eigenvalue weighted by atomic mass is 10.1. The minimum Gasteiger partial charge on any atom is -1.00 e. The number of aromatic amines is 1. The normalized spacial score (nSPS) is 10.1. The predicted octanol–water partition coefficient (Wildman–Crippen LogP) is 14.2. The fourth-order valence-corrected chi connectivity index (χ4v) is 8.08. The molecule has 0 fully saturated rings. The number of nitrogens with two attached hydrogens (primary N) is 1. The molecular formula is C66H66Cl2I3N5O3. The van der Waals surface area contributed by atoms with Crippen LogP contribution in [0, 0.1) is 38.3 Å². The second-order valence-electron chi connectivity index (χ2n) is 17.5. The van der Waals surface area contributed by atoms with E-state index in [4.69, 9.17) is 28.9 Å². The molecule has 0 atom stereocenters. The molecule has 3 heterocycles. The van der Waals surface area contributed by atoms with Gasteiger partial charge in [0.15, 0.2) is 0 Å². The number of pyridine rings is 3. The Kier molecular flexibility index (Phi) is 31.3. The van der Waals surface area contributed by atoms with Gasteiger partial charge in [0.05, 0.1) is 5.52 Å². The number of benzene rings is 7. The summed E-state index contributed by atoms with van der Waals surface area (Å²) in [6.07, 6.45) is 6.34. The van der Waals surface area contributed by atoms with E-state index in [1.165, 1.54) is 59.0 Å². The topological polar surface area (TPSA) is 122 Å². The van der Waals surface area contributed by atoms with E-state index < -0.39 is 5.24 Å². The van der Waals surface area contributed by atoms with E-state index >= 15 is 0 Å². The summed E-state index contributed by atoms with van der Waals surface area (Å²) in [6.45, 7) is 15.6. The van der Waals surface area contributed by atoms with Crippen molar-refractivity contribution in [2.24, 2.45) is 0 Å². The fraction of sp³-hybridized carbons (Fsp3) is 0.136. The largest absolute Gasteiger partial charge is 1.00 e. The lowest BCUT2D eigenvalue weighted by molar-refractivity contribution is -0.680. The number of carbonyl (C=O) groups excluding carboxylic acids is 2. The van der Waals surface area contributed by atoms with Crippen molar-refractivity contribution in [1.29, 1.82) is 0 Å². The van der Waals surface area contributed by atoms with Crippen LogP contribution in [0.4, 0.5) is 11.4 Å². The van der Waals surface area contributed by atoms with Gasteiger partial charge in [-0.15, -0.1) is 0 Å². The molecule has 13 heteroatoms. The molecule has 10 rings (SSSR count). The summed E-state index contributed by atoms with van der Waals surface area (Å²) in [6, 6.07) is 65.0. The Hall–Kier alpha value is -6.24. The van der Waals surface area contributed by atoms with E-state index in [1.54, 1.807) is 18.2 Å². The number of hydrogen-bond acceptors (Lipinski definition) is 5. The number of amides is 1. The van der Waals surface area contributed by atoms with E-state index in [9.17, 15) is 14.4 Å². The molecule has 3 aromatic heterocycles. The first-order valence-corrected chi connectivity index (χ1v) is 28.5. The van der Waals surface area contributed by atoms with Crippen LogP contribution >= 0.6 is 68.4 Å². The number of nitrogen functional groups attached to an aromatic ring is 1.